The Balaban J connectivity index is 1.53. The summed E-state index contributed by atoms with van der Waals surface area (Å²) >= 11 is 1.27. The Labute approximate surface area is 201 Å². The molecule has 2 saturated heterocycles. The zero-order valence-electron chi connectivity index (χ0n) is 19.0. The first-order valence-electron chi connectivity index (χ1n) is 11.1. The minimum atomic E-state index is -0.636. The van der Waals surface area contributed by atoms with Gasteiger partial charge in [-0.25, -0.2) is 4.99 Å². The number of amidine groups is 1. The summed E-state index contributed by atoms with van der Waals surface area (Å²) in [5.41, 5.74) is 3.02. The Kier molecular flexibility index (Phi) is 7.28. The Morgan fingerprint density at radius 2 is 2.00 bits per heavy atom. The summed E-state index contributed by atoms with van der Waals surface area (Å²) in [5.74, 6) is -0.573. The van der Waals surface area contributed by atoms with Crippen LogP contribution in [0, 0.1) is 24.0 Å². The maximum Gasteiger partial charge on any atom is 0.271 e. The second-order valence-electron chi connectivity index (χ2n) is 8.38. The van der Waals surface area contributed by atoms with Crippen LogP contribution in [0.1, 0.15) is 30.4 Å². The lowest BCUT2D eigenvalue weighted by Gasteiger charge is -2.20. The van der Waals surface area contributed by atoms with E-state index >= 15 is 0 Å². The zero-order valence-corrected chi connectivity index (χ0v) is 19.8. The van der Waals surface area contributed by atoms with Gasteiger partial charge in [-0.05, 0) is 43.9 Å². The van der Waals surface area contributed by atoms with Gasteiger partial charge in [0.1, 0.15) is 5.25 Å². The van der Waals surface area contributed by atoms with Gasteiger partial charge in [0.15, 0.2) is 5.17 Å². The number of carbonyl (C=O) groups is 2. The monoisotopic (exact) mass is 482 g/mol. The molecule has 2 aliphatic rings. The summed E-state index contributed by atoms with van der Waals surface area (Å²) in [6, 6.07) is 11.6. The fourth-order valence-electron chi connectivity index (χ4n) is 4.04. The zero-order chi connectivity index (χ0) is 24.2. The number of thioether (sulfide) groups is 1. The number of amides is 2. The van der Waals surface area contributed by atoms with Crippen LogP contribution >= 0.6 is 11.8 Å². The summed E-state index contributed by atoms with van der Waals surface area (Å²) in [7, 11) is 0. The highest BCUT2D eigenvalue weighted by Gasteiger charge is 2.40. The molecule has 9 nitrogen and oxygen atoms in total. The maximum atomic E-state index is 13.3. The lowest BCUT2D eigenvalue weighted by Crippen LogP contribution is -2.38. The van der Waals surface area contributed by atoms with Crippen molar-refractivity contribution in [3.63, 3.8) is 0 Å². The summed E-state index contributed by atoms with van der Waals surface area (Å²) in [6.07, 6.45) is 1.71. The van der Waals surface area contributed by atoms with Crippen molar-refractivity contribution in [1.29, 1.82) is 0 Å². The fraction of sp³-hybridized carbons (Fsp3) is 0.375. The van der Waals surface area contributed by atoms with Gasteiger partial charge in [0, 0.05) is 30.8 Å². The maximum absolute atomic E-state index is 13.3. The number of hydrogen-bond acceptors (Lipinski definition) is 7. The molecule has 34 heavy (non-hydrogen) atoms. The molecule has 2 unspecified atom stereocenters. The number of hydrogen-bond donors (Lipinski definition) is 1. The molecule has 0 bridgehead atoms. The topological polar surface area (TPSA) is 114 Å². The molecule has 178 valence electrons. The van der Waals surface area contributed by atoms with Gasteiger partial charge in [-0.2, -0.15) is 0 Å². The molecule has 2 heterocycles. The molecule has 0 aliphatic carbocycles. The van der Waals surface area contributed by atoms with Crippen LogP contribution in [-0.4, -0.2) is 51.3 Å². The minimum Gasteiger partial charge on any atom is -0.376 e. The molecule has 0 radical (unpaired) electrons. The van der Waals surface area contributed by atoms with Crippen LogP contribution in [-0.2, 0) is 14.3 Å². The lowest BCUT2D eigenvalue weighted by molar-refractivity contribution is -0.384. The van der Waals surface area contributed by atoms with Crippen molar-refractivity contribution in [3.8, 4) is 0 Å². The number of rotatable bonds is 7. The predicted molar refractivity (Wildman–Crippen MR) is 131 cm³/mol. The molecule has 2 atom stereocenters. The smallest absolute Gasteiger partial charge is 0.271 e. The van der Waals surface area contributed by atoms with Crippen molar-refractivity contribution in [2.24, 2.45) is 4.99 Å². The minimum absolute atomic E-state index is 0.0508. The number of nitro groups is 1. The Bertz CT molecular complexity index is 1130. The van der Waals surface area contributed by atoms with E-state index in [2.05, 4.69) is 5.32 Å². The van der Waals surface area contributed by atoms with Gasteiger partial charge in [-0.1, -0.05) is 36.0 Å². The molecule has 1 N–H and O–H groups in total. The van der Waals surface area contributed by atoms with Gasteiger partial charge < -0.3 is 10.1 Å². The van der Waals surface area contributed by atoms with Gasteiger partial charge in [0.25, 0.3) is 5.69 Å². The van der Waals surface area contributed by atoms with Crippen molar-refractivity contribution >= 4 is 45.8 Å². The highest BCUT2D eigenvalue weighted by molar-refractivity contribution is 8.15. The van der Waals surface area contributed by atoms with Crippen molar-refractivity contribution in [1.82, 2.24) is 4.90 Å². The molecule has 2 amide bonds. The second kappa shape index (κ2) is 10.4. The summed E-state index contributed by atoms with van der Waals surface area (Å²) in [6.45, 7) is 5.03. The van der Waals surface area contributed by atoms with Gasteiger partial charge in [0.2, 0.25) is 11.8 Å². The summed E-state index contributed by atoms with van der Waals surface area (Å²) in [5, 5.41) is 13.6. The van der Waals surface area contributed by atoms with E-state index in [9.17, 15) is 19.7 Å². The third-order valence-corrected chi connectivity index (χ3v) is 6.96. The number of aryl methyl sites for hydroxylation is 2. The number of aliphatic imine (C=N–C) groups is 1. The van der Waals surface area contributed by atoms with Gasteiger partial charge in [0.05, 0.1) is 23.3 Å². The summed E-state index contributed by atoms with van der Waals surface area (Å²) < 4.78 is 5.74. The number of benzene rings is 2. The third kappa shape index (κ3) is 5.45. The van der Waals surface area contributed by atoms with Gasteiger partial charge in [-0.3, -0.25) is 24.6 Å². The second-order valence-corrected chi connectivity index (χ2v) is 9.55. The molecule has 10 heteroatoms. The number of nitrogens with zero attached hydrogens (tertiary/aromatic N) is 3. The van der Waals surface area contributed by atoms with Crippen LogP contribution in [0.15, 0.2) is 47.5 Å². The molecule has 2 fully saturated rings. The molecule has 2 aliphatic heterocycles. The van der Waals surface area contributed by atoms with Crippen molar-refractivity contribution < 1.29 is 19.2 Å². The Morgan fingerprint density at radius 3 is 2.68 bits per heavy atom. The number of ether oxygens (including phenoxy) is 1. The molecule has 4 rings (SSSR count). The number of carbonyl (C=O) groups excluding carboxylic acids is 2. The van der Waals surface area contributed by atoms with E-state index in [1.807, 2.05) is 32.0 Å². The molecule has 0 aromatic heterocycles. The van der Waals surface area contributed by atoms with E-state index in [0.29, 0.717) is 24.0 Å². The number of nitrogens with one attached hydrogen (secondary N) is 1. The predicted octanol–water partition coefficient (Wildman–Crippen LogP) is 4.35. The highest BCUT2D eigenvalue weighted by Crippen LogP contribution is 2.34. The standard InChI is InChI=1S/C24H26N4O5S/c1-15-6-3-7-16(2)22(15)26-24-27(14-19-10-5-11-33-19)23(30)20(34-24)13-21(29)25-17-8-4-9-18(12-17)28(31)32/h3-4,6-9,12,19-20H,5,10-11,13-14H2,1-2H3,(H,25,29). The van der Waals surface area contributed by atoms with Gasteiger partial charge >= 0.3 is 0 Å². The first-order valence-corrected chi connectivity index (χ1v) is 12.0. The average molecular weight is 483 g/mol. The lowest BCUT2D eigenvalue weighted by atomic mass is 10.1. The number of anilines is 1. The first-order chi connectivity index (χ1) is 16.3. The van der Waals surface area contributed by atoms with Crippen molar-refractivity contribution in [3.05, 3.63) is 63.7 Å². The number of non-ortho nitro benzene ring substituents is 1. The molecule has 0 saturated carbocycles. The van der Waals surface area contributed by atoms with E-state index in [1.165, 1.54) is 30.0 Å². The normalized spacial score (nSPS) is 21.3. The molecule has 2 aromatic rings. The first kappa shape index (κ1) is 23.9. The number of para-hydroxylation sites is 1. The molecular weight excluding hydrogens is 456 g/mol. The average Bonchev–Trinajstić information content (AvgIpc) is 3.41. The van der Waals surface area contributed by atoms with E-state index in [0.717, 1.165) is 29.7 Å². The van der Waals surface area contributed by atoms with Crippen molar-refractivity contribution in [2.45, 2.75) is 44.5 Å². The quantitative estimate of drug-likeness (QED) is 0.464. The fourth-order valence-corrected chi connectivity index (χ4v) is 5.19. The summed E-state index contributed by atoms with van der Waals surface area (Å²) in [4.78, 5) is 42.9. The SMILES string of the molecule is Cc1cccc(C)c1N=C1SC(CC(=O)Nc2cccc([N+](=O)[O-])c2)C(=O)N1CC1CCCO1. The van der Waals surface area contributed by atoms with E-state index in [4.69, 9.17) is 9.73 Å². The van der Waals surface area contributed by atoms with Gasteiger partial charge in [-0.15, -0.1) is 0 Å². The van der Waals surface area contributed by atoms with Crippen LogP contribution in [0.25, 0.3) is 0 Å². The van der Waals surface area contributed by atoms with E-state index in [-0.39, 0.29) is 24.1 Å². The third-order valence-electron chi connectivity index (χ3n) is 5.79. The number of nitro benzene ring substituents is 1. The van der Waals surface area contributed by atoms with E-state index < -0.39 is 16.1 Å². The Morgan fingerprint density at radius 1 is 1.26 bits per heavy atom. The van der Waals surface area contributed by atoms with Crippen LogP contribution in [0.3, 0.4) is 0 Å². The largest absolute Gasteiger partial charge is 0.376 e. The van der Waals surface area contributed by atoms with E-state index in [1.54, 1.807) is 11.0 Å². The molecule has 0 spiro atoms. The molecule has 2 aromatic carbocycles. The van der Waals surface area contributed by atoms with Crippen LogP contribution in [0.5, 0.6) is 0 Å². The Hall–Kier alpha value is -3.24. The van der Waals surface area contributed by atoms with Crippen LogP contribution in [0.2, 0.25) is 0 Å². The van der Waals surface area contributed by atoms with Crippen LogP contribution in [0.4, 0.5) is 17.1 Å². The molecular formula is C24H26N4O5S. The van der Waals surface area contributed by atoms with Crippen molar-refractivity contribution in [2.75, 3.05) is 18.5 Å². The van der Waals surface area contributed by atoms with Crippen LogP contribution < -0.4 is 5.32 Å². The highest BCUT2D eigenvalue weighted by atomic mass is 32.2.